The van der Waals surface area contributed by atoms with Crippen molar-refractivity contribution in [1.82, 2.24) is 0 Å². The van der Waals surface area contributed by atoms with Crippen LogP contribution in [0.25, 0.3) is 11.1 Å². The van der Waals surface area contributed by atoms with Gasteiger partial charge in [-0.2, -0.15) is 0 Å². The minimum absolute atomic E-state index is 0.339. The average Bonchev–Trinajstić information content (AvgIpc) is 2.45. The van der Waals surface area contributed by atoms with E-state index in [-0.39, 0.29) is 6.61 Å². The van der Waals surface area contributed by atoms with Crippen molar-refractivity contribution in [3.05, 3.63) is 48.5 Å². The van der Waals surface area contributed by atoms with Crippen molar-refractivity contribution < 1.29 is 19.4 Å². The summed E-state index contributed by atoms with van der Waals surface area (Å²) >= 11 is 0. The first kappa shape index (κ1) is 13.0. The lowest BCUT2D eigenvalue weighted by molar-refractivity contribution is -0.139. The van der Waals surface area contributed by atoms with Crippen LogP contribution in [0.2, 0.25) is 0 Å². The maximum Gasteiger partial charge on any atom is 0.341 e. The van der Waals surface area contributed by atoms with Crippen molar-refractivity contribution in [3.8, 4) is 22.6 Å². The molecule has 0 bridgehead atoms. The van der Waals surface area contributed by atoms with E-state index in [1.54, 1.807) is 19.2 Å². The molecule has 0 amide bonds. The fourth-order valence-electron chi connectivity index (χ4n) is 1.76. The van der Waals surface area contributed by atoms with Gasteiger partial charge in [-0.3, -0.25) is 0 Å². The smallest absolute Gasteiger partial charge is 0.341 e. The normalized spacial score (nSPS) is 9.95. The van der Waals surface area contributed by atoms with Crippen molar-refractivity contribution in [1.29, 1.82) is 0 Å². The summed E-state index contributed by atoms with van der Waals surface area (Å²) in [5.41, 5.74) is 1.97. The summed E-state index contributed by atoms with van der Waals surface area (Å²) in [6.07, 6.45) is 0. The molecule has 98 valence electrons. The lowest BCUT2D eigenvalue weighted by atomic mass is 10.0. The second-order valence-electron chi connectivity index (χ2n) is 3.91. The molecule has 2 aromatic carbocycles. The Bertz CT molecular complexity index is 561. The minimum atomic E-state index is -0.992. The molecule has 0 aromatic heterocycles. The van der Waals surface area contributed by atoms with Gasteiger partial charge >= 0.3 is 5.97 Å². The average molecular weight is 258 g/mol. The van der Waals surface area contributed by atoms with Crippen LogP contribution in [0.4, 0.5) is 0 Å². The molecule has 0 spiro atoms. The number of rotatable bonds is 5. The summed E-state index contributed by atoms with van der Waals surface area (Å²) < 4.78 is 10.4. The Balaban J connectivity index is 2.20. The van der Waals surface area contributed by atoms with Crippen LogP contribution in [-0.2, 0) is 4.79 Å². The van der Waals surface area contributed by atoms with Gasteiger partial charge in [-0.25, -0.2) is 4.79 Å². The topological polar surface area (TPSA) is 55.8 Å². The van der Waals surface area contributed by atoms with Crippen LogP contribution in [0.1, 0.15) is 0 Å². The molecule has 2 aromatic rings. The van der Waals surface area contributed by atoms with Crippen LogP contribution in [0.15, 0.2) is 48.5 Å². The summed E-state index contributed by atoms with van der Waals surface area (Å²) in [5.74, 6) is 0.330. The van der Waals surface area contributed by atoms with Gasteiger partial charge in [-0.05, 0) is 23.8 Å². The van der Waals surface area contributed by atoms with Gasteiger partial charge in [0.25, 0.3) is 0 Å². The number of carboxylic acid groups (broad SMARTS) is 1. The maximum atomic E-state index is 10.4. The zero-order valence-electron chi connectivity index (χ0n) is 10.5. The number of carbonyl (C=O) groups is 1. The Morgan fingerprint density at radius 1 is 1.11 bits per heavy atom. The molecule has 0 saturated carbocycles. The van der Waals surface area contributed by atoms with Gasteiger partial charge in [0.2, 0.25) is 0 Å². The molecule has 0 saturated heterocycles. The lowest BCUT2D eigenvalue weighted by Crippen LogP contribution is -2.09. The van der Waals surface area contributed by atoms with Gasteiger partial charge < -0.3 is 14.6 Å². The fourth-order valence-corrected chi connectivity index (χ4v) is 1.76. The number of ether oxygens (including phenoxy) is 2. The molecular weight excluding hydrogens is 244 g/mol. The predicted molar refractivity (Wildman–Crippen MR) is 71.6 cm³/mol. The molecule has 0 fully saturated rings. The Morgan fingerprint density at radius 2 is 1.79 bits per heavy atom. The Morgan fingerprint density at radius 3 is 2.42 bits per heavy atom. The Kier molecular flexibility index (Phi) is 4.03. The van der Waals surface area contributed by atoms with Crippen LogP contribution >= 0.6 is 0 Å². The highest BCUT2D eigenvalue weighted by atomic mass is 16.5. The van der Waals surface area contributed by atoms with Crippen molar-refractivity contribution in [2.75, 3.05) is 13.7 Å². The third-order valence-corrected chi connectivity index (χ3v) is 2.63. The van der Waals surface area contributed by atoms with E-state index < -0.39 is 5.97 Å². The van der Waals surface area contributed by atoms with Crippen LogP contribution in [0.3, 0.4) is 0 Å². The first-order chi connectivity index (χ1) is 9.20. The van der Waals surface area contributed by atoms with E-state index in [1.165, 1.54) is 0 Å². The molecule has 2 rings (SSSR count). The largest absolute Gasteiger partial charge is 0.496 e. The summed E-state index contributed by atoms with van der Waals surface area (Å²) in [5, 5.41) is 8.53. The second kappa shape index (κ2) is 5.91. The SMILES string of the molecule is COc1ccccc1-c1ccc(OCC(=O)O)cc1. The van der Waals surface area contributed by atoms with Gasteiger partial charge in [-0.1, -0.05) is 30.3 Å². The monoisotopic (exact) mass is 258 g/mol. The highest BCUT2D eigenvalue weighted by molar-refractivity contribution is 5.71. The minimum Gasteiger partial charge on any atom is -0.496 e. The third kappa shape index (κ3) is 3.25. The summed E-state index contributed by atoms with van der Waals surface area (Å²) in [6.45, 7) is -0.339. The molecule has 0 heterocycles. The van der Waals surface area contributed by atoms with Gasteiger partial charge in [0.1, 0.15) is 11.5 Å². The molecule has 0 radical (unpaired) electrons. The van der Waals surface area contributed by atoms with Crippen LogP contribution in [0.5, 0.6) is 11.5 Å². The predicted octanol–water partition coefficient (Wildman–Crippen LogP) is 2.83. The van der Waals surface area contributed by atoms with Crippen LogP contribution < -0.4 is 9.47 Å². The van der Waals surface area contributed by atoms with Gasteiger partial charge in [0.15, 0.2) is 6.61 Å². The molecule has 19 heavy (non-hydrogen) atoms. The second-order valence-corrected chi connectivity index (χ2v) is 3.91. The number of benzene rings is 2. The molecule has 0 aliphatic rings. The molecule has 0 aliphatic carbocycles. The first-order valence-electron chi connectivity index (χ1n) is 5.79. The molecular formula is C15H14O4. The summed E-state index contributed by atoms with van der Waals surface area (Å²) in [7, 11) is 1.63. The fraction of sp³-hybridized carbons (Fsp3) is 0.133. The number of carboxylic acids is 1. The van der Waals surface area contributed by atoms with E-state index in [0.29, 0.717) is 5.75 Å². The lowest BCUT2D eigenvalue weighted by Gasteiger charge is -2.09. The van der Waals surface area contributed by atoms with Gasteiger partial charge in [0.05, 0.1) is 7.11 Å². The van der Waals surface area contributed by atoms with E-state index in [0.717, 1.165) is 16.9 Å². The molecule has 4 heteroatoms. The van der Waals surface area contributed by atoms with Gasteiger partial charge in [-0.15, -0.1) is 0 Å². The standard InChI is InChI=1S/C15H14O4/c1-18-14-5-3-2-4-13(14)11-6-8-12(9-7-11)19-10-15(16)17/h2-9H,10H2,1H3,(H,16,17). The molecule has 0 unspecified atom stereocenters. The van der Waals surface area contributed by atoms with Gasteiger partial charge in [0, 0.05) is 5.56 Å². The number of hydrogen-bond donors (Lipinski definition) is 1. The van der Waals surface area contributed by atoms with Crippen LogP contribution in [0, 0.1) is 0 Å². The summed E-state index contributed by atoms with van der Waals surface area (Å²) in [4.78, 5) is 10.4. The zero-order chi connectivity index (χ0) is 13.7. The van der Waals surface area contributed by atoms with Crippen molar-refractivity contribution in [2.45, 2.75) is 0 Å². The maximum absolute atomic E-state index is 10.4. The molecule has 1 N–H and O–H groups in total. The van der Waals surface area contributed by atoms with E-state index in [9.17, 15) is 4.79 Å². The summed E-state index contributed by atoms with van der Waals surface area (Å²) in [6, 6.07) is 14.9. The highest BCUT2D eigenvalue weighted by Gasteiger charge is 2.05. The van der Waals surface area contributed by atoms with E-state index in [2.05, 4.69) is 0 Å². The van der Waals surface area contributed by atoms with Crippen molar-refractivity contribution in [3.63, 3.8) is 0 Å². The van der Waals surface area contributed by atoms with E-state index >= 15 is 0 Å². The Hall–Kier alpha value is -2.49. The number of methoxy groups -OCH3 is 1. The number of para-hydroxylation sites is 1. The van der Waals surface area contributed by atoms with Crippen LogP contribution in [-0.4, -0.2) is 24.8 Å². The Labute approximate surface area is 111 Å². The third-order valence-electron chi connectivity index (χ3n) is 2.63. The molecule has 4 nitrogen and oxygen atoms in total. The van der Waals surface area contributed by atoms with E-state index in [1.807, 2.05) is 36.4 Å². The zero-order valence-corrected chi connectivity index (χ0v) is 10.5. The quantitative estimate of drug-likeness (QED) is 0.896. The molecule has 0 aliphatic heterocycles. The van der Waals surface area contributed by atoms with Crippen molar-refractivity contribution in [2.24, 2.45) is 0 Å². The molecule has 0 atom stereocenters. The number of aliphatic carboxylic acids is 1. The van der Waals surface area contributed by atoms with E-state index in [4.69, 9.17) is 14.6 Å². The first-order valence-corrected chi connectivity index (χ1v) is 5.79. The number of hydrogen-bond acceptors (Lipinski definition) is 3. The van der Waals surface area contributed by atoms with Crippen molar-refractivity contribution >= 4 is 5.97 Å². The highest BCUT2D eigenvalue weighted by Crippen LogP contribution is 2.30.